The van der Waals surface area contributed by atoms with Crippen LogP contribution in [0.1, 0.15) is 27.9 Å². The minimum absolute atomic E-state index is 0.0542. The number of aromatic nitrogens is 1. The molecule has 5 nitrogen and oxygen atoms in total. The van der Waals surface area contributed by atoms with Gasteiger partial charge < -0.3 is 4.74 Å². The monoisotopic (exact) mass is 304 g/mol. The molecule has 0 bridgehead atoms. The van der Waals surface area contributed by atoms with Crippen LogP contribution in [0.25, 0.3) is 0 Å². The molecule has 1 N–H and O–H groups in total. The maximum Gasteiger partial charge on any atom is 0.264 e. The zero-order valence-corrected chi connectivity index (χ0v) is 12.9. The number of nitrogens with zero attached hydrogens (tertiary/aromatic N) is 1. The molecule has 1 heterocycles. The van der Waals surface area contributed by atoms with Crippen LogP contribution in [0.5, 0.6) is 5.75 Å². The van der Waals surface area contributed by atoms with Gasteiger partial charge in [0.05, 0.1) is 10.6 Å². The number of nitrogens with one attached hydrogen (secondary N) is 1. The fraction of sp³-hybridized carbons (Fsp3) is 0.267. The van der Waals surface area contributed by atoms with Gasteiger partial charge in [0.15, 0.2) is 17.5 Å². The molecule has 0 aliphatic heterocycles. The molecule has 1 amide bonds. The van der Waals surface area contributed by atoms with E-state index in [0.717, 1.165) is 5.56 Å². The number of rotatable bonds is 5. The van der Waals surface area contributed by atoms with Crippen molar-refractivity contribution in [3.05, 3.63) is 40.4 Å². The summed E-state index contributed by atoms with van der Waals surface area (Å²) in [5.74, 6) is 0.284. The van der Waals surface area contributed by atoms with Crippen molar-refractivity contribution in [2.45, 2.75) is 20.8 Å². The summed E-state index contributed by atoms with van der Waals surface area (Å²) in [6.07, 6.45) is 0. The standard InChI is InChI=1S/C15H16N2O3S/c1-9-5-4-6-12(7-9)20-8-13(19)17-15-16-10(2)14(21-15)11(3)18/h4-7H,8H2,1-3H3,(H,16,17,19). The van der Waals surface area contributed by atoms with E-state index in [1.54, 1.807) is 13.0 Å². The molecule has 21 heavy (non-hydrogen) atoms. The molecule has 0 radical (unpaired) electrons. The Labute approximate surface area is 127 Å². The first-order valence-electron chi connectivity index (χ1n) is 6.43. The zero-order chi connectivity index (χ0) is 15.4. The average Bonchev–Trinajstić information content (AvgIpc) is 2.77. The van der Waals surface area contributed by atoms with Crippen LogP contribution < -0.4 is 10.1 Å². The van der Waals surface area contributed by atoms with Gasteiger partial charge in [0.1, 0.15) is 5.75 Å². The van der Waals surface area contributed by atoms with E-state index < -0.39 is 0 Å². The number of amides is 1. The molecule has 0 aliphatic rings. The predicted molar refractivity (Wildman–Crippen MR) is 82.2 cm³/mol. The van der Waals surface area contributed by atoms with Gasteiger partial charge in [-0.3, -0.25) is 14.9 Å². The smallest absolute Gasteiger partial charge is 0.264 e. The fourth-order valence-corrected chi connectivity index (χ4v) is 2.66. The number of aryl methyl sites for hydroxylation is 2. The van der Waals surface area contributed by atoms with Crippen LogP contribution in [0.15, 0.2) is 24.3 Å². The summed E-state index contributed by atoms with van der Waals surface area (Å²) < 4.78 is 5.40. The summed E-state index contributed by atoms with van der Waals surface area (Å²) in [6, 6.07) is 7.47. The van der Waals surface area contributed by atoms with Crippen LogP contribution in [0.3, 0.4) is 0 Å². The Bertz CT molecular complexity index is 679. The number of thiazole rings is 1. The second kappa shape index (κ2) is 6.49. The van der Waals surface area contributed by atoms with E-state index in [-0.39, 0.29) is 18.3 Å². The van der Waals surface area contributed by atoms with E-state index in [2.05, 4.69) is 10.3 Å². The number of benzene rings is 1. The quantitative estimate of drug-likeness (QED) is 0.862. The van der Waals surface area contributed by atoms with E-state index in [9.17, 15) is 9.59 Å². The first kappa shape index (κ1) is 15.2. The van der Waals surface area contributed by atoms with E-state index in [1.165, 1.54) is 18.3 Å². The van der Waals surface area contributed by atoms with E-state index in [0.29, 0.717) is 21.5 Å². The fourth-order valence-electron chi connectivity index (χ4n) is 1.79. The highest BCUT2D eigenvalue weighted by molar-refractivity contribution is 7.17. The van der Waals surface area contributed by atoms with Gasteiger partial charge in [-0.1, -0.05) is 23.5 Å². The number of ketones is 1. The lowest BCUT2D eigenvalue weighted by atomic mass is 10.2. The number of carbonyl (C=O) groups excluding carboxylic acids is 2. The van der Waals surface area contributed by atoms with Gasteiger partial charge in [-0.2, -0.15) is 0 Å². The van der Waals surface area contributed by atoms with Crippen molar-refractivity contribution in [2.24, 2.45) is 0 Å². The summed E-state index contributed by atoms with van der Waals surface area (Å²) in [5, 5.41) is 3.05. The maximum atomic E-state index is 11.8. The highest BCUT2D eigenvalue weighted by Crippen LogP contribution is 2.22. The lowest BCUT2D eigenvalue weighted by molar-refractivity contribution is -0.118. The molecule has 1 aromatic heterocycles. The van der Waals surface area contributed by atoms with Gasteiger partial charge in [0.25, 0.3) is 5.91 Å². The molecule has 2 aromatic rings. The molecule has 0 saturated heterocycles. The highest BCUT2D eigenvalue weighted by atomic mass is 32.1. The van der Waals surface area contributed by atoms with Gasteiger partial charge in [-0.15, -0.1) is 0 Å². The molecule has 0 unspecified atom stereocenters. The van der Waals surface area contributed by atoms with E-state index in [4.69, 9.17) is 4.74 Å². The minimum atomic E-state index is -0.305. The van der Waals surface area contributed by atoms with Gasteiger partial charge >= 0.3 is 0 Å². The summed E-state index contributed by atoms with van der Waals surface area (Å²) in [6.45, 7) is 5.07. The van der Waals surface area contributed by atoms with Gasteiger partial charge in [-0.25, -0.2) is 4.98 Å². The van der Waals surface area contributed by atoms with Crippen LogP contribution in [0.2, 0.25) is 0 Å². The SMILES string of the molecule is CC(=O)c1sc(NC(=O)COc2cccc(C)c2)nc1C. The van der Waals surface area contributed by atoms with Crippen LogP contribution in [0, 0.1) is 13.8 Å². The van der Waals surface area contributed by atoms with E-state index >= 15 is 0 Å². The van der Waals surface area contributed by atoms with Crippen molar-refractivity contribution in [2.75, 3.05) is 11.9 Å². The summed E-state index contributed by atoms with van der Waals surface area (Å²) in [4.78, 5) is 27.9. The summed E-state index contributed by atoms with van der Waals surface area (Å²) in [5.41, 5.74) is 1.69. The molecule has 0 saturated carbocycles. The third-order valence-electron chi connectivity index (χ3n) is 2.72. The molecule has 2 rings (SSSR count). The molecule has 0 aliphatic carbocycles. The lowest BCUT2D eigenvalue weighted by Crippen LogP contribution is -2.20. The normalized spacial score (nSPS) is 10.2. The highest BCUT2D eigenvalue weighted by Gasteiger charge is 2.13. The third-order valence-corrected chi connectivity index (χ3v) is 3.90. The summed E-state index contributed by atoms with van der Waals surface area (Å²) in [7, 11) is 0. The molecule has 6 heteroatoms. The Hall–Kier alpha value is -2.21. The average molecular weight is 304 g/mol. The number of Topliss-reactive ketones (excluding diaryl/α,β-unsaturated/α-hetero) is 1. The largest absolute Gasteiger partial charge is 0.484 e. The first-order chi connectivity index (χ1) is 9.95. The Morgan fingerprint density at radius 1 is 1.33 bits per heavy atom. The van der Waals surface area contributed by atoms with Gasteiger partial charge in [0.2, 0.25) is 0 Å². The number of anilines is 1. The second-order valence-corrected chi connectivity index (χ2v) is 5.64. The topological polar surface area (TPSA) is 68.3 Å². The lowest BCUT2D eigenvalue weighted by Gasteiger charge is -2.06. The van der Waals surface area contributed by atoms with Crippen LogP contribution in [-0.2, 0) is 4.79 Å². The Morgan fingerprint density at radius 2 is 2.10 bits per heavy atom. The molecular formula is C15H16N2O3S. The molecule has 0 spiro atoms. The van der Waals surface area contributed by atoms with Crippen LogP contribution >= 0.6 is 11.3 Å². The second-order valence-electron chi connectivity index (χ2n) is 4.64. The molecule has 0 fully saturated rings. The van der Waals surface area contributed by atoms with Crippen molar-refractivity contribution >= 4 is 28.2 Å². The van der Waals surface area contributed by atoms with Gasteiger partial charge in [0, 0.05) is 6.92 Å². The van der Waals surface area contributed by atoms with E-state index in [1.807, 2.05) is 25.1 Å². The first-order valence-corrected chi connectivity index (χ1v) is 7.25. The molecule has 0 atom stereocenters. The van der Waals surface area contributed by atoms with Crippen molar-refractivity contribution < 1.29 is 14.3 Å². The maximum absolute atomic E-state index is 11.8. The van der Waals surface area contributed by atoms with Crippen molar-refractivity contribution in [3.63, 3.8) is 0 Å². The van der Waals surface area contributed by atoms with Crippen LogP contribution in [0.4, 0.5) is 5.13 Å². The number of carbonyl (C=O) groups is 2. The zero-order valence-electron chi connectivity index (χ0n) is 12.1. The van der Waals surface area contributed by atoms with Crippen molar-refractivity contribution in [3.8, 4) is 5.75 Å². The van der Waals surface area contributed by atoms with Crippen molar-refractivity contribution in [1.82, 2.24) is 4.98 Å². The Kier molecular flexibility index (Phi) is 4.70. The molecule has 1 aromatic carbocycles. The summed E-state index contributed by atoms with van der Waals surface area (Å²) >= 11 is 1.17. The van der Waals surface area contributed by atoms with Gasteiger partial charge in [-0.05, 0) is 31.5 Å². The number of ether oxygens (including phenoxy) is 1. The van der Waals surface area contributed by atoms with Crippen LogP contribution in [-0.4, -0.2) is 23.3 Å². The molecular weight excluding hydrogens is 288 g/mol. The number of hydrogen-bond acceptors (Lipinski definition) is 5. The Balaban J connectivity index is 1.93. The predicted octanol–water partition coefficient (Wildman–Crippen LogP) is 2.98. The minimum Gasteiger partial charge on any atom is -0.484 e. The molecule has 110 valence electrons. The van der Waals surface area contributed by atoms with Crippen molar-refractivity contribution in [1.29, 1.82) is 0 Å². The Morgan fingerprint density at radius 3 is 2.71 bits per heavy atom. The third kappa shape index (κ3) is 4.13. The number of hydrogen-bond donors (Lipinski definition) is 1.